The zero-order valence-electron chi connectivity index (χ0n) is 8.50. The Bertz CT molecular complexity index is 501. The minimum absolute atomic E-state index is 0.631. The molecular formula is C12H10N3O-. The van der Waals surface area contributed by atoms with Crippen molar-refractivity contribution in [3.05, 3.63) is 59.8 Å². The fraction of sp³-hybridized carbons (Fsp3) is 0. The molecule has 1 N–H and O–H groups in total. The normalized spacial score (nSPS) is 13.6. The van der Waals surface area contributed by atoms with E-state index in [9.17, 15) is 5.21 Å². The average molecular weight is 212 g/mol. The highest BCUT2D eigenvalue weighted by Crippen LogP contribution is 2.34. The highest BCUT2D eigenvalue weighted by Gasteiger charge is 2.19. The number of hydrogen-bond donors (Lipinski definition) is 1. The van der Waals surface area contributed by atoms with Crippen LogP contribution in [0.1, 0.15) is 0 Å². The maximum atomic E-state index is 12.0. The van der Waals surface area contributed by atoms with Crippen LogP contribution < -0.4 is 15.7 Å². The van der Waals surface area contributed by atoms with Crippen LogP contribution in [0, 0.1) is 5.21 Å². The quantitative estimate of drug-likeness (QED) is 0.789. The number of anilines is 3. The summed E-state index contributed by atoms with van der Waals surface area (Å²) in [5, 5.41) is 14.3. The van der Waals surface area contributed by atoms with E-state index in [1.807, 2.05) is 48.5 Å². The molecule has 3 rings (SSSR count). The highest BCUT2D eigenvalue weighted by atomic mass is 16.6. The number of fused-ring (bicyclic) bond motifs is 1. The molecule has 0 aromatic heterocycles. The second kappa shape index (κ2) is 3.43. The fourth-order valence-corrected chi connectivity index (χ4v) is 1.74. The van der Waals surface area contributed by atoms with Crippen molar-refractivity contribution >= 4 is 17.1 Å². The lowest BCUT2D eigenvalue weighted by atomic mass is 10.3. The van der Waals surface area contributed by atoms with Gasteiger partial charge >= 0.3 is 0 Å². The smallest absolute Gasteiger partial charge is 0.0805 e. The van der Waals surface area contributed by atoms with Gasteiger partial charge in [-0.25, -0.2) is 5.12 Å². The Kier molecular flexibility index (Phi) is 1.94. The molecule has 2 aromatic rings. The Morgan fingerprint density at radius 2 is 1.56 bits per heavy atom. The Balaban J connectivity index is 1.99. The van der Waals surface area contributed by atoms with Crippen LogP contribution in [0.2, 0.25) is 0 Å². The van der Waals surface area contributed by atoms with Crippen molar-refractivity contribution in [2.75, 3.05) is 15.7 Å². The zero-order chi connectivity index (χ0) is 11.0. The second-order valence-electron chi connectivity index (χ2n) is 3.55. The summed E-state index contributed by atoms with van der Waals surface area (Å²) in [5.41, 5.74) is 5.31. The number of hydrogen-bond acceptors (Lipinski definition) is 4. The highest BCUT2D eigenvalue weighted by molar-refractivity contribution is 5.80. The van der Waals surface area contributed by atoms with Crippen LogP contribution in [0.4, 0.5) is 17.1 Å². The monoisotopic (exact) mass is 212 g/mol. The molecule has 0 bridgehead atoms. The molecule has 1 aliphatic rings. The van der Waals surface area contributed by atoms with E-state index >= 15 is 0 Å². The molecule has 0 spiro atoms. The van der Waals surface area contributed by atoms with Crippen LogP contribution >= 0.6 is 0 Å². The van der Waals surface area contributed by atoms with Crippen molar-refractivity contribution in [3.63, 3.8) is 0 Å². The number of nitrogens with zero attached hydrogens (tertiary/aromatic N) is 2. The van der Waals surface area contributed by atoms with Gasteiger partial charge in [0.05, 0.1) is 17.1 Å². The molecule has 0 saturated carbocycles. The first-order valence-electron chi connectivity index (χ1n) is 5.04. The van der Waals surface area contributed by atoms with Gasteiger partial charge in [0.1, 0.15) is 0 Å². The van der Waals surface area contributed by atoms with E-state index in [-0.39, 0.29) is 0 Å². The van der Waals surface area contributed by atoms with Crippen molar-refractivity contribution in [2.45, 2.75) is 0 Å². The number of benzene rings is 2. The van der Waals surface area contributed by atoms with Crippen molar-refractivity contribution < 1.29 is 0 Å². The summed E-state index contributed by atoms with van der Waals surface area (Å²) >= 11 is 0. The fourth-order valence-electron chi connectivity index (χ4n) is 1.74. The predicted molar refractivity (Wildman–Crippen MR) is 64.8 cm³/mol. The van der Waals surface area contributed by atoms with Crippen LogP contribution in [0.5, 0.6) is 0 Å². The molecule has 0 aliphatic carbocycles. The lowest BCUT2D eigenvalue weighted by Gasteiger charge is -2.35. The molecular weight excluding hydrogens is 202 g/mol. The maximum absolute atomic E-state index is 12.0. The number of para-hydroxylation sites is 3. The molecule has 4 nitrogen and oxygen atoms in total. The molecule has 16 heavy (non-hydrogen) atoms. The van der Waals surface area contributed by atoms with Gasteiger partial charge in [-0.15, -0.1) is 0 Å². The Hall–Kier alpha value is -2.20. The van der Waals surface area contributed by atoms with Gasteiger partial charge in [0, 0.05) is 0 Å². The summed E-state index contributed by atoms with van der Waals surface area (Å²) in [5.74, 6) is 0. The molecule has 80 valence electrons. The Morgan fingerprint density at radius 1 is 0.875 bits per heavy atom. The van der Waals surface area contributed by atoms with Gasteiger partial charge in [-0.3, -0.25) is 5.43 Å². The maximum Gasteiger partial charge on any atom is 0.0805 e. The number of rotatable bonds is 1. The lowest BCUT2D eigenvalue weighted by molar-refractivity contribution is 0.967. The van der Waals surface area contributed by atoms with Gasteiger partial charge in [-0.2, -0.15) is 0 Å². The van der Waals surface area contributed by atoms with Crippen LogP contribution in [-0.4, -0.2) is 0 Å². The summed E-state index contributed by atoms with van der Waals surface area (Å²) in [6.07, 6.45) is 0. The molecule has 0 saturated heterocycles. The van der Waals surface area contributed by atoms with E-state index in [2.05, 4.69) is 5.43 Å². The minimum atomic E-state index is 0.631. The summed E-state index contributed by atoms with van der Waals surface area (Å²) in [7, 11) is 0. The van der Waals surface area contributed by atoms with Gasteiger partial charge in [-0.1, -0.05) is 30.3 Å². The number of hydrazine groups is 2. The molecule has 1 aliphatic heterocycles. The van der Waals surface area contributed by atoms with E-state index in [0.29, 0.717) is 5.69 Å². The first kappa shape index (κ1) is 9.06. The molecule has 4 heteroatoms. The van der Waals surface area contributed by atoms with Crippen molar-refractivity contribution in [1.82, 2.24) is 0 Å². The summed E-state index contributed by atoms with van der Waals surface area (Å²) in [6, 6.07) is 16.9. The molecule has 0 amide bonds. The van der Waals surface area contributed by atoms with E-state index in [4.69, 9.17) is 0 Å². The molecule has 2 aromatic carbocycles. The Labute approximate surface area is 93.2 Å². The van der Waals surface area contributed by atoms with Gasteiger partial charge in [0.15, 0.2) is 0 Å². The SMILES string of the molecule is [O-]N1c2ccccc2NN1c1ccccc1. The standard InChI is InChI=1S/C12H10N3O/c16-15-12-9-5-4-8-11(12)13-14(15)10-6-2-1-3-7-10/h1-9,13H/q-1. The van der Waals surface area contributed by atoms with Crippen LogP contribution in [0.3, 0.4) is 0 Å². The van der Waals surface area contributed by atoms with Gasteiger partial charge in [0.2, 0.25) is 0 Å². The van der Waals surface area contributed by atoms with Crippen LogP contribution in [-0.2, 0) is 0 Å². The lowest BCUT2D eigenvalue weighted by Crippen LogP contribution is -2.37. The van der Waals surface area contributed by atoms with Crippen LogP contribution in [0.25, 0.3) is 0 Å². The molecule has 0 radical (unpaired) electrons. The second-order valence-corrected chi connectivity index (χ2v) is 3.55. The summed E-state index contributed by atoms with van der Waals surface area (Å²) < 4.78 is 0. The molecule has 1 heterocycles. The first-order valence-corrected chi connectivity index (χ1v) is 5.04. The zero-order valence-corrected chi connectivity index (χ0v) is 8.50. The van der Waals surface area contributed by atoms with Crippen molar-refractivity contribution in [3.8, 4) is 0 Å². The van der Waals surface area contributed by atoms with E-state index in [0.717, 1.165) is 16.5 Å². The van der Waals surface area contributed by atoms with E-state index < -0.39 is 0 Å². The van der Waals surface area contributed by atoms with Gasteiger partial charge < -0.3 is 10.4 Å². The first-order chi connectivity index (χ1) is 7.86. The topological polar surface area (TPSA) is 41.6 Å². The summed E-state index contributed by atoms with van der Waals surface area (Å²) in [4.78, 5) is 0. The molecule has 0 atom stereocenters. The third-order valence-electron chi connectivity index (χ3n) is 2.52. The van der Waals surface area contributed by atoms with Crippen molar-refractivity contribution in [1.29, 1.82) is 0 Å². The number of nitrogens with one attached hydrogen (secondary N) is 1. The van der Waals surface area contributed by atoms with E-state index in [1.165, 1.54) is 5.12 Å². The molecule has 0 unspecified atom stereocenters. The minimum Gasteiger partial charge on any atom is -0.737 e. The van der Waals surface area contributed by atoms with Gasteiger partial charge in [-0.05, 0) is 24.3 Å². The van der Waals surface area contributed by atoms with E-state index in [1.54, 1.807) is 6.07 Å². The third kappa shape index (κ3) is 1.28. The van der Waals surface area contributed by atoms with Crippen molar-refractivity contribution in [2.24, 2.45) is 0 Å². The van der Waals surface area contributed by atoms with Gasteiger partial charge in [0.25, 0.3) is 0 Å². The largest absolute Gasteiger partial charge is 0.737 e. The molecule has 0 fully saturated rings. The predicted octanol–water partition coefficient (Wildman–Crippen LogP) is 2.75. The third-order valence-corrected chi connectivity index (χ3v) is 2.52. The summed E-state index contributed by atoms with van der Waals surface area (Å²) in [6.45, 7) is 0. The average Bonchev–Trinajstić information content (AvgIpc) is 2.69. The van der Waals surface area contributed by atoms with Crippen LogP contribution in [0.15, 0.2) is 54.6 Å². The Morgan fingerprint density at radius 3 is 2.31 bits per heavy atom.